The summed E-state index contributed by atoms with van der Waals surface area (Å²) >= 11 is 0. The molecule has 1 amide bonds. The van der Waals surface area contributed by atoms with Gasteiger partial charge in [-0.25, -0.2) is 9.97 Å². The second kappa shape index (κ2) is 15.8. The third-order valence-electron chi connectivity index (χ3n) is 6.26. The largest absolute Gasteiger partial charge is 0.416 e. The zero-order valence-electron chi connectivity index (χ0n) is 25.6. The molecule has 0 aliphatic carbocycles. The summed E-state index contributed by atoms with van der Waals surface area (Å²) in [6.45, 7) is 4.20. The number of carbonyl (C=O) groups is 1. The number of halogens is 6. The molecule has 44 heavy (non-hydrogen) atoms. The van der Waals surface area contributed by atoms with Gasteiger partial charge in [0.25, 0.3) is 5.91 Å². The van der Waals surface area contributed by atoms with Gasteiger partial charge in [0.2, 0.25) is 5.95 Å². The van der Waals surface area contributed by atoms with Crippen LogP contribution in [0.1, 0.15) is 32.7 Å². The first-order chi connectivity index (χ1) is 20.4. The van der Waals surface area contributed by atoms with Crippen molar-refractivity contribution in [2.75, 3.05) is 66.7 Å². The lowest BCUT2D eigenvalue weighted by molar-refractivity contribution is -0.143. The Morgan fingerprint density at radius 1 is 0.864 bits per heavy atom. The normalized spacial score (nSPS) is 11.8. The second-order valence-corrected chi connectivity index (χ2v) is 10.7. The molecule has 2 aromatic carbocycles. The van der Waals surface area contributed by atoms with E-state index in [9.17, 15) is 31.1 Å². The number of hydrogen-bond donors (Lipinski definition) is 2. The molecule has 0 aliphatic rings. The van der Waals surface area contributed by atoms with E-state index < -0.39 is 35.9 Å². The lowest BCUT2D eigenvalue weighted by Crippen LogP contribution is -2.29. The second-order valence-electron chi connectivity index (χ2n) is 10.7. The summed E-state index contributed by atoms with van der Waals surface area (Å²) in [5.74, 6) is -0.522. The number of hydrogen-bond acceptors (Lipinski definition) is 7. The molecule has 0 aliphatic heterocycles. The summed E-state index contributed by atoms with van der Waals surface area (Å²) in [6.07, 6.45) is -8.51. The highest BCUT2D eigenvalue weighted by Gasteiger charge is 2.37. The summed E-state index contributed by atoms with van der Waals surface area (Å²) in [5, 5.41) is 3.02. The van der Waals surface area contributed by atoms with Crippen LogP contribution in [0.25, 0.3) is 11.1 Å². The van der Waals surface area contributed by atoms with E-state index in [-0.39, 0.29) is 23.3 Å². The number of aromatic nitrogens is 2. The lowest BCUT2D eigenvalue weighted by atomic mass is 10.00. The number of amides is 1. The maximum atomic E-state index is 13.5. The quantitative estimate of drug-likeness (QED) is 0.297. The van der Waals surface area contributed by atoms with Crippen LogP contribution >= 0.6 is 0 Å². The number of nitrogens with one attached hydrogen (secondary N) is 1. The third-order valence-corrected chi connectivity index (χ3v) is 6.26. The number of carbonyl (C=O) groups excluding carboxylic acids is 1. The predicted molar refractivity (Wildman–Crippen MR) is 159 cm³/mol. The van der Waals surface area contributed by atoms with Crippen molar-refractivity contribution in [1.29, 1.82) is 0 Å². The smallest absolute Gasteiger partial charge is 0.353 e. The Hall–Kier alpha value is -3.75. The van der Waals surface area contributed by atoms with Crippen molar-refractivity contribution in [2.24, 2.45) is 5.73 Å². The van der Waals surface area contributed by atoms with Gasteiger partial charge in [0, 0.05) is 51.5 Å². The van der Waals surface area contributed by atoms with Gasteiger partial charge in [0.05, 0.1) is 11.1 Å². The molecule has 0 fully saturated rings. The highest BCUT2D eigenvalue weighted by Crippen LogP contribution is 2.36. The first kappa shape index (κ1) is 36.4. The highest BCUT2D eigenvalue weighted by molar-refractivity contribution is 5.99. The molecule has 8 nitrogen and oxygen atoms in total. The number of aryl methyl sites for hydroxylation is 1. The molecular weight excluding hydrogens is 588 g/mol. The van der Waals surface area contributed by atoms with E-state index >= 15 is 0 Å². The van der Waals surface area contributed by atoms with Crippen molar-refractivity contribution in [3.05, 3.63) is 76.6 Å². The van der Waals surface area contributed by atoms with Gasteiger partial charge >= 0.3 is 12.4 Å². The number of alkyl halides is 6. The molecule has 0 bridgehead atoms. The fraction of sp³-hybridized carbons (Fsp3) is 0.433. The van der Waals surface area contributed by atoms with Gasteiger partial charge in [-0.05, 0) is 70.0 Å². The van der Waals surface area contributed by atoms with Crippen LogP contribution in [0.15, 0.2) is 48.7 Å². The number of likely N-dealkylation sites (N-methyl/N-ethyl adjacent to an activating group) is 2. The zero-order valence-corrected chi connectivity index (χ0v) is 25.6. The molecule has 0 spiro atoms. The number of rotatable bonds is 10. The summed E-state index contributed by atoms with van der Waals surface area (Å²) in [4.78, 5) is 27.2. The van der Waals surface area contributed by atoms with Crippen LogP contribution in [0.3, 0.4) is 0 Å². The molecule has 0 saturated carbocycles. The molecule has 3 N–H and O–H groups in total. The van der Waals surface area contributed by atoms with Gasteiger partial charge in [-0.15, -0.1) is 0 Å². The van der Waals surface area contributed by atoms with Crippen LogP contribution < -0.4 is 11.1 Å². The van der Waals surface area contributed by atoms with Gasteiger partial charge in [-0.2, -0.15) is 26.3 Å². The Labute approximate surface area is 253 Å². The monoisotopic (exact) mass is 627 g/mol. The average molecular weight is 628 g/mol. The Morgan fingerprint density at radius 3 is 1.91 bits per heavy atom. The predicted octanol–water partition coefficient (Wildman–Crippen LogP) is 5.24. The standard InChI is InChI=1S/C26H27F6N5O.C4H12N2/c1-16-7-5-6-8-20(16)21-14-34-24(33-9-10-36(2)3)35-22(21)23(38)37(4)15-17-11-18(25(27,28)29)13-19(12-17)26(30,31)32;1-6(2)4-3-5/h5-8,11-14H,9-10,15H2,1-4H3,(H,33,34,35);3-5H2,1-2H3. The van der Waals surface area contributed by atoms with E-state index in [1.807, 2.05) is 52.1 Å². The molecular formula is C30H39F6N7O. The van der Waals surface area contributed by atoms with E-state index in [1.165, 1.54) is 13.2 Å². The topological polar surface area (TPSA) is 90.6 Å². The number of nitrogens with two attached hydrogens (primary N) is 1. The highest BCUT2D eigenvalue weighted by atomic mass is 19.4. The minimum absolute atomic E-state index is 0.0350. The van der Waals surface area contributed by atoms with E-state index in [1.54, 1.807) is 12.1 Å². The van der Waals surface area contributed by atoms with Crippen LogP contribution in [-0.4, -0.2) is 92.0 Å². The van der Waals surface area contributed by atoms with Gasteiger partial charge in [-0.1, -0.05) is 24.3 Å². The lowest BCUT2D eigenvalue weighted by Gasteiger charge is -2.21. The Bertz CT molecular complexity index is 1340. The van der Waals surface area contributed by atoms with Crippen molar-refractivity contribution in [3.63, 3.8) is 0 Å². The molecule has 3 rings (SSSR count). The molecule has 0 atom stereocenters. The SMILES string of the molecule is CN(C)CCN.Cc1ccccc1-c1cnc(NCCN(C)C)nc1C(=O)N(C)Cc1cc(C(F)(F)F)cc(C(F)(F)F)c1. The average Bonchev–Trinajstić information content (AvgIpc) is 2.92. The van der Waals surface area contributed by atoms with Crippen molar-refractivity contribution in [1.82, 2.24) is 24.7 Å². The summed E-state index contributed by atoms with van der Waals surface area (Å²) in [5.41, 5.74) is 3.82. The van der Waals surface area contributed by atoms with E-state index in [2.05, 4.69) is 20.2 Å². The van der Waals surface area contributed by atoms with Crippen molar-refractivity contribution >= 4 is 11.9 Å². The molecule has 1 aromatic heterocycles. The van der Waals surface area contributed by atoms with Crippen LogP contribution in [0, 0.1) is 6.92 Å². The van der Waals surface area contributed by atoms with E-state index in [0.29, 0.717) is 36.3 Å². The van der Waals surface area contributed by atoms with Crippen molar-refractivity contribution < 1.29 is 31.1 Å². The number of benzene rings is 2. The maximum absolute atomic E-state index is 13.5. The van der Waals surface area contributed by atoms with E-state index in [4.69, 9.17) is 5.73 Å². The Balaban J connectivity index is 0.00000102. The molecule has 0 unspecified atom stereocenters. The Kier molecular flexibility index (Phi) is 13.1. The van der Waals surface area contributed by atoms with Crippen LogP contribution in [0.2, 0.25) is 0 Å². The zero-order chi connectivity index (χ0) is 33.2. The minimum Gasteiger partial charge on any atom is -0.353 e. The number of nitrogens with zero attached hydrogens (tertiary/aromatic N) is 5. The number of anilines is 1. The molecule has 0 radical (unpaired) electrons. The third kappa shape index (κ3) is 11.1. The van der Waals surface area contributed by atoms with Gasteiger partial charge in [0.1, 0.15) is 5.69 Å². The fourth-order valence-corrected chi connectivity index (χ4v) is 3.99. The van der Waals surface area contributed by atoms with Gasteiger partial charge < -0.3 is 25.8 Å². The fourth-order valence-electron chi connectivity index (χ4n) is 3.99. The molecule has 0 saturated heterocycles. The van der Waals surface area contributed by atoms with Gasteiger partial charge in [-0.3, -0.25) is 4.79 Å². The minimum atomic E-state index is -4.99. The van der Waals surface area contributed by atoms with E-state index in [0.717, 1.165) is 23.6 Å². The summed E-state index contributed by atoms with van der Waals surface area (Å²) in [7, 11) is 9.07. The van der Waals surface area contributed by atoms with Crippen molar-refractivity contribution in [3.8, 4) is 11.1 Å². The Morgan fingerprint density at radius 2 is 1.43 bits per heavy atom. The van der Waals surface area contributed by atoms with Crippen molar-refractivity contribution in [2.45, 2.75) is 25.8 Å². The van der Waals surface area contributed by atoms with Crippen LogP contribution in [0.5, 0.6) is 0 Å². The van der Waals surface area contributed by atoms with Crippen LogP contribution in [-0.2, 0) is 18.9 Å². The first-order valence-electron chi connectivity index (χ1n) is 13.6. The molecule has 242 valence electrons. The summed E-state index contributed by atoms with van der Waals surface area (Å²) < 4.78 is 79.8. The molecule has 3 aromatic rings. The first-order valence-corrected chi connectivity index (χ1v) is 13.6. The molecule has 1 heterocycles. The maximum Gasteiger partial charge on any atom is 0.416 e. The van der Waals surface area contributed by atoms with Gasteiger partial charge in [0.15, 0.2) is 0 Å². The van der Waals surface area contributed by atoms with Crippen LogP contribution in [0.4, 0.5) is 32.3 Å². The summed E-state index contributed by atoms with van der Waals surface area (Å²) in [6, 6.07) is 8.45. The molecule has 14 heteroatoms.